The first-order chi connectivity index (χ1) is 7.61. The Labute approximate surface area is 90.9 Å². The van der Waals surface area contributed by atoms with E-state index in [0.29, 0.717) is 11.3 Å². The van der Waals surface area contributed by atoms with Crippen LogP contribution < -0.4 is 4.74 Å². The highest BCUT2D eigenvalue weighted by Crippen LogP contribution is 2.36. The van der Waals surface area contributed by atoms with Gasteiger partial charge >= 0.3 is 11.9 Å². The molecule has 0 saturated heterocycles. The van der Waals surface area contributed by atoms with Crippen molar-refractivity contribution >= 4 is 17.5 Å². The van der Waals surface area contributed by atoms with E-state index in [1.807, 2.05) is 0 Å². The zero-order valence-corrected chi connectivity index (χ0v) is 8.39. The van der Waals surface area contributed by atoms with Gasteiger partial charge in [0.2, 0.25) is 0 Å². The number of hydrogen-bond donors (Lipinski definition) is 1. The number of esters is 2. The Morgan fingerprint density at radius 3 is 2.94 bits per heavy atom. The fourth-order valence-electron chi connectivity index (χ4n) is 1.40. The quantitative estimate of drug-likeness (QED) is 0.432. The number of aromatic hydroxyl groups is 1. The molecule has 1 heterocycles. The fourth-order valence-corrected chi connectivity index (χ4v) is 1.40. The molecular formula is C11H8O5. The molecule has 1 aromatic carbocycles. The standard InChI is InChI=1S/C11H8O5/c1-15-10(13)5-8-7-4-6(12)2-3-9(7)16-11(8)14/h2-5,12H,1H3/b8-5+. The van der Waals surface area contributed by atoms with Crippen LogP contribution in [0.1, 0.15) is 5.56 Å². The number of fused-ring (bicyclic) bond motifs is 1. The number of phenolic OH excluding ortho intramolecular Hbond substituents is 1. The molecule has 0 fully saturated rings. The van der Waals surface area contributed by atoms with Crippen molar-refractivity contribution in [1.82, 2.24) is 0 Å². The molecule has 82 valence electrons. The number of carbonyl (C=O) groups excluding carboxylic acids is 2. The minimum Gasteiger partial charge on any atom is -0.508 e. The average Bonchev–Trinajstić information content (AvgIpc) is 2.55. The number of rotatable bonds is 1. The molecule has 16 heavy (non-hydrogen) atoms. The van der Waals surface area contributed by atoms with Crippen LogP contribution in [0.5, 0.6) is 11.5 Å². The summed E-state index contributed by atoms with van der Waals surface area (Å²) in [6.45, 7) is 0. The molecule has 0 atom stereocenters. The Balaban J connectivity index is 2.50. The molecule has 5 heteroatoms. The molecular weight excluding hydrogens is 212 g/mol. The van der Waals surface area contributed by atoms with E-state index in [1.54, 1.807) is 0 Å². The van der Waals surface area contributed by atoms with Gasteiger partial charge in [-0.25, -0.2) is 9.59 Å². The highest BCUT2D eigenvalue weighted by molar-refractivity contribution is 6.24. The molecule has 5 nitrogen and oxygen atoms in total. The van der Waals surface area contributed by atoms with Gasteiger partial charge in [0.05, 0.1) is 12.7 Å². The second-order valence-electron chi connectivity index (χ2n) is 3.15. The van der Waals surface area contributed by atoms with Gasteiger partial charge in [-0.3, -0.25) is 0 Å². The predicted molar refractivity (Wildman–Crippen MR) is 53.7 cm³/mol. The molecule has 2 rings (SSSR count). The van der Waals surface area contributed by atoms with Crippen molar-refractivity contribution in [3.63, 3.8) is 0 Å². The van der Waals surface area contributed by atoms with Crippen molar-refractivity contribution < 1.29 is 24.2 Å². The molecule has 1 aromatic rings. The average molecular weight is 220 g/mol. The van der Waals surface area contributed by atoms with Crippen LogP contribution in [0.4, 0.5) is 0 Å². The molecule has 1 aliphatic rings. The van der Waals surface area contributed by atoms with E-state index in [9.17, 15) is 14.7 Å². The Kier molecular flexibility index (Phi) is 2.36. The number of benzene rings is 1. The summed E-state index contributed by atoms with van der Waals surface area (Å²) in [6, 6.07) is 4.21. The van der Waals surface area contributed by atoms with Gasteiger partial charge in [-0.15, -0.1) is 0 Å². The lowest BCUT2D eigenvalue weighted by Gasteiger charge is -1.96. The van der Waals surface area contributed by atoms with Crippen molar-refractivity contribution in [3.05, 3.63) is 29.8 Å². The highest BCUT2D eigenvalue weighted by atomic mass is 16.5. The van der Waals surface area contributed by atoms with Crippen molar-refractivity contribution in [1.29, 1.82) is 0 Å². The fraction of sp³-hybridized carbons (Fsp3) is 0.0909. The third-order valence-electron chi connectivity index (χ3n) is 2.14. The van der Waals surface area contributed by atoms with Crippen molar-refractivity contribution in [3.8, 4) is 11.5 Å². The summed E-state index contributed by atoms with van der Waals surface area (Å²) in [5.74, 6) is -0.972. The van der Waals surface area contributed by atoms with Crippen LogP contribution in [0.25, 0.3) is 5.57 Å². The molecule has 0 spiro atoms. The normalized spacial score (nSPS) is 15.8. The lowest BCUT2D eigenvalue weighted by molar-refractivity contribution is -0.135. The molecule has 0 aliphatic carbocycles. The van der Waals surface area contributed by atoms with Gasteiger partial charge in [-0.05, 0) is 18.2 Å². The van der Waals surface area contributed by atoms with Gasteiger partial charge in [0, 0.05) is 11.6 Å². The number of ether oxygens (including phenoxy) is 2. The SMILES string of the molecule is COC(=O)/C=C1/C(=O)Oc2ccc(O)cc21. The van der Waals surface area contributed by atoms with E-state index < -0.39 is 11.9 Å². The minimum absolute atomic E-state index is 0.00665. The minimum atomic E-state index is -0.650. The summed E-state index contributed by atoms with van der Waals surface area (Å²) >= 11 is 0. The van der Waals surface area contributed by atoms with Crippen LogP contribution in [0.2, 0.25) is 0 Å². The van der Waals surface area contributed by atoms with Crippen LogP contribution in [-0.2, 0) is 14.3 Å². The molecule has 1 aliphatic heterocycles. The molecule has 0 saturated carbocycles. The largest absolute Gasteiger partial charge is 0.508 e. The van der Waals surface area contributed by atoms with E-state index >= 15 is 0 Å². The number of phenols is 1. The smallest absolute Gasteiger partial charge is 0.344 e. The van der Waals surface area contributed by atoms with E-state index in [0.717, 1.165) is 6.08 Å². The van der Waals surface area contributed by atoms with E-state index in [2.05, 4.69) is 4.74 Å². The number of carbonyl (C=O) groups is 2. The lowest BCUT2D eigenvalue weighted by Crippen LogP contribution is -2.04. The first-order valence-electron chi connectivity index (χ1n) is 4.47. The van der Waals surface area contributed by atoms with Crippen molar-refractivity contribution in [2.24, 2.45) is 0 Å². The predicted octanol–water partition coefficient (Wildman–Crippen LogP) is 0.868. The van der Waals surface area contributed by atoms with Crippen LogP contribution in [0, 0.1) is 0 Å². The van der Waals surface area contributed by atoms with Crippen LogP contribution >= 0.6 is 0 Å². The lowest BCUT2D eigenvalue weighted by atomic mass is 10.1. The Morgan fingerprint density at radius 1 is 1.50 bits per heavy atom. The van der Waals surface area contributed by atoms with Gasteiger partial charge in [-0.1, -0.05) is 0 Å². The zero-order chi connectivity index (χ0) is 11.7. The van der Waals surface area contributed by atoms with Crippen LogP contribution in [0.15, 0.2) is 24.3 Å². The summed E-state index contributed by atoms with van der Waals surface area (Å²) in [4.78, 5) is 22.5. The molecule has 0 unspecified atom stereocenters. The van der Waals surface area contributed by atoms with Gasteiger partial charge in [0.1, 0.15) is 11.5 Å². The van der Waals surface area contributed by atoms with E-state index in [1.165, 1.54) is 25.3 Å². The maximum Gasteiger partial charge on any atom is 0.344 e. The molecule has 0 aromatic heterocycles. The molecule has 0 radical (unpaired) electrons. The van der Waals surface area contributed by atoms with Crippen LogP contribution in [0.3, 0.4) is 0 Å². The zero-order valence-electron chi connectivity index (χ0n) is 8.39. The maximum atomic E-state index is 11.4. The molecule has 0 bridgehead atoms. The Bertz CT molecular complexity index is 501. The van der Waals surface area contributed by atoms with Gasteiger partial charge in [-0.2, -0.15) is 0 Å². The second kappa shape index (κ2) is 3.69. The summed E-state index contributed by atoms with van der Waals surface area (Å²) in [5.41, 5.74) is 0.466. The van der Waals surface area contributed by atoms with Crippen molar-refractivity contribution in [2.75, 3.05) is 7.11 Å². The van der Waals surface area contributed by atoms with E-state index in [-0.39, 0.29) is 11.3 Å². The van der Waals surface area contributed by atoms with Crippen molar-refractivity contribution in [2.45, 2.75) is 0 Å². The third kappa shape index (κ3) is 1.63. The van der Waals surface area contributed by atoms with Gasteiger partial charge < -0.3 is 14.6 Å². The number of methoxy groups -OCH3 is 1. The second-order valence-corrected chi connectivity index (χ2v) is 3.15. The first-order valence-corrected chi connectivity index (χ1v) is 4.47. The number of hydrogen-bond acceptors (Lipinski definition) is 5. The Hall–Kier alpha value is -2.30. The third-order valence-corrected chi connectivity index (χ3v) is 2.14. The highest BCUT2D eigenvalue weighted by Gasteiger charge is 2.28. The van der Waals surface area contributed by atoms with Gasteiger partial charge in [0.25, 0.3) is 0 Å². The summed E-state index contributed by atoms with van der Waals surface area (Å²) < 4.78 is 9.31. The van der Waals surface area contributed by atoms with Crippen LogP contribution in [-0.4, -0.2) is 24.2 Å². The molecule has 0 amide bonds. The first kappa shape index (κ1) is 10.2. The summed E-state index contributed by atoms with van der Waals surface area (Å²) in [5, 5.41) is 9.28. The summed E-state index contributed by atoms with van der Waals surface area (Å²) in [7, 11) is 1.21. The molecule has 1 N–H and O–H groups in total. The summed E-state index contributed by atoms with van der Waals surface area (Å²) in [6.07, 6.45) is 1.04. The monoisotopic (exact) mass is 220 g/mol. The maximum absolute atomic E-state index is 11.4. The van der Waals surface area contributed by atoms with E-state index in [4.69, 9.17) is 4.74 Å². The topological polar surface area (TPSA) is 72.8 Å². The Morgan fingerprint density at radius 2 is 2.25 bits per heavy atom. The van der Waals surface area contributed by atoms with Gasteiger partial charge in [0.15, 0.2) is 0 Å².